The van der Waals surface area contributed by atoms with Gasteiger partial charge in [0.2, 0.25) is 0 Å². The van der Waals surface area contributed by atoms with Gasteiger partial charge in [0.25, 0.3) is 0 Å². The average Bonchev–Trinajstić information content (AvgIpc) is 3.32. The summed E-state index contributed by atoms with van der Waals surface area (Å²) in [6.07, 6.45) is 11.1. The minimum Gasteiger partial charge on any atom is -0.399 e. The Bertz CT molecular complexity index is 1060. The molecule has 0 saturated carbocycles. The summed E-state index contributed by atoms with van der Waals surface area (Å²) in [4.78, 5) is 21.1. The van der Waals surface area contributed by atoms with Gasteiger partial charge in [-0.3, -0.25) is 15.0 Å². The molecule has 36 heavy (non-hydrogen) atoms. The van der Waals surface area contributed by atoms with Crippen molar-refractivity contribution in [3.63, 3.8) is 0 Å². The van der Waals surface area contributed by atoms with Crippen LogP contribution < -0.4 is 5.73 Å². The molecule has 1 aromatic carbocycles. The van der Waals surface area contributed by atoms with Crippen molar-refractivity contribution in [2.45, 2.75) is 84.7 Å². The molecule has 0 amide bonds. The molecule has 3 rings (SSSR count). The molecular formula is C31H44N2O3. The monoisotopic (exact) mass is 492 g/mol. The average molecular weight is 493 g/mol. The van der Waals surface area contributed by atoms with E-state index in [1.165, 1.54) is 16.7 Å². The van der Waals surface area contributed by atoms with E-state index < -0.39 is 5.60 Å². The van der Waals surface area contributed by atoms with Crippen molar-refractivity contribution in [1.29, 1.82) is 0 Å². The van der Waals surface area contributed by atoms with Gasteiger partial charge in [-0.1, -0.05) is 56.4 Å². The third-order valence-corrected chi connectivity index (χ3v) is 6.00. The van der Waals surface area contributed by atoms with Crippen LogP contribution >= 0.6 is 0 Å². The Morgan fingerprint density at radius 2 is 1.78 bits per heavy atom. The minimum atomic E-state index is -0.403. The number of aryl methyl sites for hydroxylation is 2. The number of carbonyl (C=O) groups is 1. The number of nitrogens with two attached hydrogens (primary N) is 1. The number of nitrogens with zero attached hydrogens (tertiary/aromatic N) is 1. The second-order valence-corrected chi connectivity index (χ2v) is 10.6. The molecule has 1 aliphatic carbocycles. The minimum absolute atomic E-state index is 0. The van der Waals surface area contributed by atoms with Crippen LogP contribution in [-0.2, 0) is 22.5 Å². The highest BCUT2D eigenvalue weighted by Crippen LogP contribution is 2.28. The standard InChI is InChI=1S/C27H32N2O.C4H10O2.H2/c1-19(2)24-12-16-26(29-18-24)15-10-22-7-11-23(17-22)20(3)27(30)6-4-5-21-8-13-25(28)14-9-21;1-4(2,3)6-5;/h7-9,11-14,16,18-19H,3-6,10,15,17,28H2,1-2H3;5H,1-3H3;1H. The zero-order valence-corrected chi connectivity index (χ0v) is 22.5. The molecule has 0 bridgehead atoms. The molecule has 1 aliphatic rings. The number of nitrogen functional groups attached to an aromatic ring is 1. The van der Waals surface area contributed by atoms with Gasteiger partial charge in [-0.25, -0.2) is 4.89 Å². The zero-order chi connectivity index (χ0) is 26.7. The van der Waals surface area contributed by atoms with Crippen molar-refractivity contribution in [2.24, 2.45) is 0 Å². The summed E-state index contributed by atoms with van der Waals surface area (Å²) in [5, 5.41) is 7.90. The number of hydrogen-bond donors (Lipinski definition) is 2. The second kappa shape index (κ2) is 13.9. The third-order valence-electron chi connectivity index (χ3n) is 6.00. The Hall–Kier alpha value is -3.02. The molecular weight excluding hydrogens is 448 g/mol. The van der Waals surface area contributed by atoms with Crippen LogP contribution in [0.3, 0.4) is 0 Å². The van der Waals surface area contributed by atoms with Gasteiger partial charge in [0.1, 0.15) is 0 Å². The number of pyridine rings is 1. The number of Topliss-reactive ketones (excluding diaryl/α,β-unsaturated/α-hetero) is 1. The normalized spacial score (nSPS) is 13.1. The van der Waals surface area contributed by atoms with Crippen LogP contribution in [0, 0.1) is 0 Å². The van der Waals surface area contributed by atoms with Crippen molar-refractivity contribution in [3.05, 3.63) is 94.9 Å². The fraction of sp³-hybridized carbons (Fsp3) is 0.419. The Kier molecular flexibility index (Phi) is 11.3. The van der Waals surface area contributed by atoms with Crippen LogP contribution in [0.25, 0.3) is 0 Å². The van der Waals surface area contributed by atoms with E-state index in [0.717, 1.165) is 49.1 Å². The highest BCUT2D eigenvalue weighted by molar-refractivity contribution is 5.99. The summed E-state index contributed by atoms with van der Waals surface area (Å²) in [6, 6.07) is 12.2. The molecule has 0 radical (unpaired) electrons. The van der Waals surface area contributed by atoms with Gasteiger partial charge in [0.05, 0.1) is 5.60 Å². The number of aromatic nitrogens is 1. The molecule has 0 saturated heterocycles. The molecule has 5 heteroatoms. The van der Waals surface area contributed by atoms with Gasteiger partial charge in [-0.2, -0.15) is 0 Å². The quantitative estimate of drug-likeness (QED) is 0.154. The van der Waals surface area contributed by atoms with Crippen LogP contribution in [0.5, 0.6) is 0 Å². The van der Waals surface area contributed by atoms with E-state index in [1.54, 1.807) is 20.8 Å². The molecule has 0 atom stereocenters. The van der Waals surface area contributed by atoms with Crippen molar-refractivity contribution in [2.75, 3.05) is 5.73 Å². The Balaban J connectivity index is 0.000000876. The maximum atomic E-state index is 12.6. The molecule has 0 aliphatic heterocycles. The molecule has 3 N–H and O–H groups in total. The maximum Gasteiger partial charge on any atom is 0.162 e. The van der Waals surface area contributed by atoms with Gasteiger partial charge in [-0.15, -0.1) is 0 Å². The topological polar surface area (TPSA) is 85.4 Å². The fourth-order valence-electron chi connectivity index (χ4n) is 3.64. The smallest absolute Gasteiger partial charge is 0.162 e. The lowest BCUT2D eigenvalue weighted by Gasteiger charge is -2.10. The highest BCUT2D eigenvalue weighted by Gasteiger charge is 2.16. The molecule has 0 spiro atoms. The van der Waals surface area contributed by atoms with Crippen LogP contribution in [-0.4, -0.2) is 21.6 Å². The first-order valence-electron chi connectivity index (χ1n) is 12.7. The Morgan fingerprint density at radius 1 is 1.11 bits per heavy atom. The first-order chi connectivity index (χ1) is 17.0. The summed E-state index contributed by atoms with van der Waals surface area (Å²) in [7, 11) is 0. The van der Waals surface area contributed by atoms with Gasteiger partial charge in [0.15, 0.2) is 5.78 Å². The Labute approximate surface area is 218 Å². The molecule has 1 heterocycles. The second-order valence-electron chi connectivity index (χ2n) is 10.6. The van der Waals surface area contributed by atoms with Crippen LogP contribution in [0.2, 0.25) is 0 Å². The lowest BCUT2D eigenvalue weighted by molar-refractivity contribution is -0.306. The molecule has 1 aromatic heterocycles. The Morgan fingerprint density at radius 3 is 2.33 bits per heavy atom. The molecule has 196 valence electrons. The van der Waals surface area contributed by atoms with Gasteiger partial charge >= 0.3 is 0 Å². The number of anilines is 1. The zero-order valence-electron chi connectivity index (χ0n) is 22.5. The highest BCUT2D eigenvalue weighted by atomic mass is 17.1. The first kappa shape index (κ1) is 29.2. The van der Waals surface area contributed by atoms with E-state index >= 15 is 0 Å². The van der Waals surface area contributed by atoms with E-state index in [1.807, 2.05) is 30.5 Å². The maximum absolute atomic E-state index is 12.6. The van der Waals surface area contributed by atoms with Gasteiger partial charge in [0, 0.05) is 31.0 Å². The van der Waals surface area contributed by atoms with E-state index in [-0.39, 0.29) is 7.21 Å². The molecule has 2 aromatic rings. The summed E-state index contributed by atoms with van der Waals surface area (Å²) in [5.74, 6) is 0.656. The molecule has 0 fully saturated rings. The van der Waals surface area contributed by atoms with E-state index in [2.05, 4.69) is 54.6 Å². The summed E-state index contributed by atoms with van der Waals surface area (Å²) >= 11 is 0. The van der Waals surface area contributed by atoms with Crippen LogP contribution in [0.15, 0.2) is 78.0 Å². The van der Waals surface area contributed by atoms with Crippen molar-refractivity contribution in [1.82, 2.24) is 4.98 Å². The predicted molar refractivity (Wildman–Crippen MR) is 151 cm³/mol. The van der Waals surface area contributed by atoms with Gasteiger partial charge in [-0.05, 0) is 93.7 Å². The summed E-state index contributed by atoms with van der Waals surface area (Å²) < 4.78 is 0. The van der Waals surface area contributed by atoms with E-state index in [9.17, 15) is 4.79 Å². The SMILES string of the molecule is C=C(C(=O)CCCc1ccc(N)cc1)C1=CC=C(CCc2ccc(C(C)C)cn2)C1.CC(C)(C)OO.[HH]. The lowest BCUT2D eigenvalue weighted by Crippen LogP contribution is -2.15. The number of rotatable bonds is 10. The van der Waals surface area contributed by atoms with E-state index in [0.29, 0.717) is 17.9 Å². The number of carbonyl (C=O) groups excluding carboxylic acids is 1. The van der Waals surface area contributed by atoms with Crippen molar-refractivity contribution >= 4 is 11.5 Å². The largest absolute Gasteiger partial charge is 0.399 e. The predicted octanol–water partition coefficient (Wildman–Crippen LogP) is 7.65. The van der Waals surface area contributed by atoms with Crippen LogP contribution in [0.4, 0.5) is 5.69 Å². The fourth-order valence-corrected chi connectivity index (χ4v) is 3.64. The summed E-state index contributed by atoms with van der Waals surface area (Å²) in [6.45, 7) is 13.7. The number of benzene rings is 1. The number of ketones is 1. The third kappa shape index (κ3) is 10.3. The van der Waals surface area contributed by atoms with Crippen molar-refractivity contribution in [3.8, 4) is 0 Å². The van der Waals surface area contributed by atoms with Gasteiger partial charge < -0.3 is 5.73 Å². The molecule has 5 nitrogen and oxygen atoms in total. The van der Waals surface area contributed by atoms with Crippen LogP contribution in [0.1, 0.15) is 84.5 Å². The summed E-state index contributed by atoms with van der Waals surface area (Å²) in [5.41, 5.74) is 12.7. The van der Waals surface area contributed by atoms with E-state index in [4.69, 9.17) is 11.0 Å². The number of allylic oxidation sites excluding steroid dienone is 5. The van der Waals surface area contributed by atoms with Crippen molar-refractivity contribution < 1.29 is 16.4 Å². The molecule has 0 unspecified atom stereocenters. The lowest BCUT2D eigenvalue weighted by atomic mass is 9.95. The number of hydrogen-bond acceptors (Lipinski definition) is 5. The first-order valence-corrected chi connectivity index (χ1v) is 12.7.